The molecule has 0 aromatic heterocycles. The third-order valence-corrected chi connectivity index (χ3v) is 2.15. The van der Waals surface area contributed by atoms with E-state index < -0.39 is 40.0 Å². The molecule has 10 nitrogen and oxygen atoms in total. The van der Waals surface area contributed by atoms with E-state index in [4.69, 9.17) is 0 Å². The van der Waals surface area contributed by atoms with Gasteiger partial charge < -0.3 is 9.47 Å². The number of carbonyl (C=O) groups excluding carboxylic acids is 2. The summed E-state index contributed by atoms with van der Waals surface area (Å²) in [5.41, 5.74) is -3.60. The van der Waals surface area contributed by atoms with Crippen LogP contribution in [0.15, 0.2) is 0 Å². The Morgan fingerprint density at radius 2 is 1.45 bits per heavy atom. The molecule has 11 heteroatoms. The Balaban J connectivity index is 5.41. The lowest BCUT2D eigenvalue weighted by atomic mass is 10.0. The molecule has 0 bridgehead atoms. The van der Waals surface area contributed by atoms with Gasteiger partial charge in [0.25, 0.3) is 0 Å². The molecule has 0 atom stereocenters. The highest BCUT2D eigenvalue weighted by Gasteiger charge is 2.57. The van der Waals surface area contributed by atoms with Crippen LogP contribution in [0.25, 0.3) is 0 Å². The van der Waals surface area contributed by atoms with E-state index in [2.05, 4.69) is 9.47 Å². The van der Waals surface area contributed by atoms with Crippen molar-refractivity contribution < 1.29 is 33.3 Å². The van der Waals surface area contributed by atoms with Crippen molar-refractivity contribution in [3.05, 3.63) is 20.2 Å². The van der Waals surface area contributed by atoms with Gasteiger partial charge in [0.15, 0.2) is 0 Å². The molecule has 0 amide bonds. The van der Waals surface area contributed by atoms with E-state index in [1.165, 1.54) is 13.8 Å². The van der Waals surface area contributed by atoms with E-state index in [0.29, 0.717) is 0 Å². The van der Waals surface area contributed by atoms with Gasteiger partial charge in [0.1, 0.15) is 6.42 Å². The third-order valence-electron chi connectivity index (χ3n) is 2.15. The molecule has 0 aliphatic heterocycles. The van der Waals surface area contributed by atoms with Gasteiger partial charge in [-0.15, -0.1) is 0 Å². The minimum absolute atomic E-state index is 0.314. The fraction of sp³-hybridized carbons (Fsp3) is 0.778. The average molecular weight is 296 g/mol. The highest BCUT2D eigenvalue weighted by Crippen LogP contribution is 2.24. The highest BCUT2D eigenvalue weighted by molar-refractivity contribution is 6.03. The van der Waals surface area contributed by atoms with Crippen LogP contribution in [0.5, 0.6) is 0 Å². The normalized spacial score (nSPS) is 11.0. The number of rotatable bonds is 8. The summed E-state index contributed by atoms with van der Waals surface area (Å²) in [6.45, 7) is 1.99. The number of hydrogen-bond acceptors (Lipinski definition) is 8. The molecule has 0 saturated heterocycles. The van der Waals surface area contributed by atoms with Gasteiger partial charge in [-0.1, -0.05) is 0 Å². The molecule has 0 fully saturated rings. The topological polar surface area (TPSA) is 139 Å². The number of hydrogen-bond donors (Lipinski definition) is 0. The van der Waals surface area contributed by atoms with Crippen LogP contribution >= 0.6 is 0 Å². The second-order valence-electron chi connectivity index (χ2n) is 3.50. The number of esters is 2. The maximum atomic E-state index is 14.4. The van der Waals surface area contributed by atoms with E-state index in [1.54, 1.807) is 0 Å². The minimum Gasteiger partial charge on any atom is -0.463 e. The summed E-state index contributed by atoms with van der Waals surface area (Å²) in [5.74, 6) is -3.51. The lowest BCUT2D eigenvalue weighted by molar-refractivity contribution is -0.744. The van der Waals surface area contributed by atoms with Crippen LogP contribution in [0, 0.1) is 20.2 Å². The van der Waals surface area contributed by atoms with Crippen molar-refractivity contribution in [3.8, 4) is 0 Å². The maximum absolute atomic E-state index is 14.4. The maximum Gasteiger partial charge on any atom is 0.455 e. The lowest BCUT2D eigenvalue weighted by Gasteiger charge is -2.20. The number of halogens is 1. The molecule has 0 spiro atoms. The Hall–Kier alpha value is -2.33. The monoisotopic (exact) mass is 296 g/mol. The largest absolute Gasteiger partial charge is 0.463 e. The van der Waals surface area contributed by atoms with Gasteiger partial charge in [0.2, 0.25) is 0 Å². The molecular weight excluding hydrogens is 283 g/mol. The lowest BCUT2D eigenvalue weighted by Crippen LogP contribution is -2.50. The molecule has 0 aromatic carbocycles. The smallest absolute Gasteiger partial charge is 0.455 e. The van der Waals surface area contributed by atoms with Crippen molar-refractivity contribution >= 4 is 11.9 Å². The van der Waals surface area contributed by atoms with E-state index >= 15 is 0 Å². The van der Waals surface area contributed by atoms with E-state index in [0.717, 1.165) is 0 Å². The summed E-state index contributed by atoms with van der Waals surface area (Å²) >= 11 is 0. The van der Waals surface area contributed by atoms with Crippen LogP contribution in [-0.2, 0) is 19.1 Å². The molecule has 114 valence electrons. The first-order valence-corrected chi connectivity index (χ1v) is 5.51. The molecule has 0 unspecified atom stereocenters. The number of alkyl halides is 1. The number of nitrogens with zero attached hydrogens (tertiary/aromatic N) is 2. The van der Waals surface area contributed by atoms with E-state index in [-0.39, 0.29) is 13.2 Å². The first kappa shape index (κ1) is 17.7. The first-order chi connectivity index (χ1) is 9.20. The zero-order valence-electron chi connectivity index (χ0n) is 10.7. The van der Waals surface area contributed by atoms with Gasteiger partial charge >= 0.3 is 23.8 Å². The zero-order chi connectivity index (χ0) is 15.9. The third kappa shape index (κ3) is 4.10. The molecule has 0 aliphatic rings. The highest BCUT2D eigenvalue weighted by atomic mass is 19.1. The fourth-order valence-corrected chi connectivity index (χ4v) is 1.22. The van der Waals surface area contributed by atoms with Crippen LogP contribution in [0.3, 0.4) is 0 Å². The summed E-state index contributed by atoms with van der Waals surface area (Å²) in [6, 6.07) is 0. The molecule has 0 rings (SSSR count). The molecule has 0 radical (unpaired) electrons. The summed E-state index contributed by atoms with van der Waals surface area (Å²) in [6.07, 6.45) is -4.28. The predicted molar refractivity (Wildman–Crippen MR) is 59.5 cm³/mol. The SMILES string of the molecule is CCOC(=O)C(F)(CC([N+](=O)[O-])[N+](=O)[O-])C(=O)OCC. The second kappa shape index (κ2) is 7.31. The van der Waals surface area contributed by atoms with Gasteiger partial charge in [-0.05, 0) is 13.8 Å². The van der Waals surface area contributed by atoms with Gasteiger partial charge in [0.05, 0.1) is 23.1 Å². The number of nitro groups is 2. The van der Waals surface area contributed by atoms with Crippen LogP contribution in [-0.4, -0.2) is 46.8 Å². The number of carbonyl (C=O) groups is 2. The molecule has 0 aliphatic carbocycles. The van der Waals surface area contributed by atoms with Crippen molar-refractivity contribution in [2.45, 2.75) is 32.1 Å². The quantitative estimate of drug-likeness (QED) is 0.202. The van der Waals surface area contributed by atoms with Crippen molar-refractivity contribution in [1.29, 1.82) is 0 Å². The molecule has 0 N–H and O–H groups in total. The Kier molecular flexibility index (Phi) is 6.45. The predicted octanol–water partition coefficient (Wildman–Crippen LogP) is 0.0905. The van der Waals surface area contributed by atoms with Crippen molar-refractivity contribution in [3.63, 3.8) is 0 Å². The van der Waals surface area contributed by atoms with E-state index in [1.807, 2.05) is 0 Å². The standard InChI is InChI=1S/C9H13FN2O8/c1-3-19-7(13)9(10,8(14)20-4-2)5-6(11(15)16)12(17)18/h6H,3-5H2,1-2H3. The van der Waals surface area contributed by atoms with Crippen LogP contribution in [0.1, 0.15) is 20.3 Å². The molecule has 0 aromatic rings. The first-order valence-electron chi connectivity index (χ1n) is 5.51. The second-order valence-corrected chi connectivity index (χ2v) is 3.50. The Labute approximate surface area is 112 Å². The van der Waals surface area contributed by atoms with Crippen molar-refractivity contribution in [1.82, 2.24) is 0 Å². The van der Waals surface area contributed by atoms with Crippen molar-refractivity contribution in [2.24, 2.45) is 0 Å². The summed E-state index contributed by atoms with van der Waals surface area (Å²) in [7, 11) is 0. The number of ether oxygens (including phenoxy) is 2. The van der Waals surface area contributed by atoms with Crippen LogP contribution in [0.2, 0.25) is 0 Å². The van der Waals surface area contributed by atoms with Gasteiger partial charge in [-0.2, -0.15) is 0 Å². The van der Waals surface area contributed by atoms with Gasteiger partial charge in [0, 0.05) is 0 Å². The molecule has 0 saturated carbocycles. The summed E-state index contributed by atoms with van der Waals surface area (Å²) in [5, 5.41) is 20.9. The molecular formula is C9H13FN2O8. The van der Waals surface area contributed by atoms with Crippen LogP contribution in [0.4, 0.5) is 4.39 Å². The molecule has 0 heterocycles. The summed E-state index contributed by atoms with van der Waals surface area (Å²) < 4.78 is 22.9. The minimum atomic E-state index is -3.60. The average Bonchev–Trinajstić information content (AvgIpc) is 2.35. The molecule has 20 heavy (non-hydrogen) atoms. The fourth-order valence-electron chi connectivity index (χ4n) is 1.22. The Morgan fingerprint density at radius 1 is 1.10 bits per heavy atom. The van der Waals surface area contributed by atoms with Gasteiger partial charge in [-0.3, -0.25) is 20.2 Å². The van der Waals surface area contributed by atoms with Crippen LogP contribution < -0.4 is 0 Å². The zero-order valence-corrected chi connectivity index (χ0v) is 10.7. The van der Waals surface area contributed by atoms with Gasteiger partial charge in [-0.25, -0.2) is 14.0 Å². The summed E-state index contributed by atoms with van der Waals surface area (Å²) in [4.78, 5) is 41.0. The Morgan fingerprint density at radius 3 is 1.70 bits per heavy atom. The van der Waals surface area contributed by atoms with E-state index in [9.17, 15) is 34.2 Å². The van der Waals surface area contributed by atoms with Crippen molar-refractivity contribution in [2.75, 3.05) is 13.2 Å². The Bertz CT molecular complexity index is 381.